The van der Waals surface area contributed by atoms with Crippen molar-refractivity contribution in [2.75, 3.05) is 6.61 Å². The molecule has 1 rings (SSSR count). The SMILES string of the molecule is OCCCc1cc(C(F)F)ccc1Cl. The Morgan fingerprint density at radius 2 is 2.07 bits per heavy atom. The first kappa shape index (κ1) is 11.4. The Balaban J connectivity index is 2.85. The zero-order chi connectivity index (χ0) is 10.6. The molecule has 0 aliphatic heterocycles. The van der Waals surface area contributed by atoms with Crippen LogP contribution in [0.5, 0.6) is 0 Å². The highest BCUT2D eigenvalue weighted by Crippen LogP contribution is 2.25. The molecule has 0 spiro atoms. The van der Waals surface area contributed by atoms with E-state index < -0.39 is 6.43 Å². The Hall–Kier alpha value is -0.670. The fraction of sp³-hybridized carbons (Fsp3) is 0.400. The van der Waals surface area contributed by atoms with Crippen LogP contribution in [0.1, 0.15) is 24.0 Å². The molecule has 4 heteroatoms. The molecule has 0 unspecified atom stereocenters. The van der Waals surface area contributed by atoms with Crippen molar-refractivity contribution < 1.29 is 13.9 Å². The van der Waals surface area contributed by atoms with Crippen LogP contribution in [0, 0.1) is 0 Å². The molecular formula is C10H11ClF2O. The quantitative estimate of drug-likeness (QED) is 0.826. The maximum atomic E-state index is 12.3. The summed E-state index contributed by atoms with van der Waals surface area (Å²) in [6.07, 6.45) is -1.41. The highest BCUT2D eigenvalue weighted by atomic mass is 35.5. The standard InChI is InChI=1S/C10H11ClF2O/c11-9-4-3-8(10(12)13)6-7(9)2-1-5-14/h3-4,6,10,14H,1-2,5H2. The highest BCUT2D eigenvalue weighted by molar-refractivity contribution is 6.31. The van der Waals surface area contributed by atoms with Gasteiger partial charge in [-0.1, -0.05) is 17.7 Å². The molecule has 1 aromatic rings. The third-order valence-electron chi connectivity index (χ3n) is 1.93. The van der Waals surface area contributed by atoms with Crippen LogP contribution < -0.4 is 0 Å². The van der Waals surface area contributed by atoms with Gasteiger partial charge in [0, 0.05) is 17.2 Å². The molecule has 1 nitrogen and oxygen atoms in total. The second-order valence-corrected chi connectivity index (χ2v) is 3.39. The van der Waals surface area contributed by atoms with Crippen molar-refractivity contribution >= 4 is 11.6 Å². The molecule has 0 aliphatic carbocycles. The van der Waals surface area contributed by atoms with Crippen molar-refractivity contribution in [3.05, 3.63) is 34.3 Å². The number of hydrogen-bond acceptors (Lipinski definition) is 1. The van der Waals surface area contributed by atoms with Crippen LogP contribution in [0.4, 0.5) is 8.78 Å². The van der Waals surface area contributed by atoms with Gasteiger partial charge >= 0.3 is 0 Å². The third kappa shape index (κ3) is 2.93. The normalized spacial score (nSPS) is 10.9. The Kier molecular flexibility index (Phi) is 4.29. The van der Waals surface area contributed by atoms with Gasteiger partial charge in [0.05, 0.1) is 0 Å². The smallest absolute Gasteiger partial charge is 0.263 e. The van der Waals surface area contributed by atoms with Gasteiger partial charge in [0.25, 0.3) is 6.43 Å². The fourth-order valence-corrected chi connectivity index (χ4v) is 1.40. The maximum absolute atomic E-state index is 12.3. The minimum absolute atomic E-state index is 0.0256. The van der Waals surface area contributed by atoms with Crippen LogP contribution in [0.25, 0.3) is 0 Å². The Morgan fingerprint density at radius 3 is 2.64 bits per heavy atom. The topological polar surface area (TPSA) is 20.2 Å². The molecule has 0 radical (unpaired) electrons. The van der Waals surface area contributed by atoms with Gasteiger partial charge < -0.3 is 5.11 Å². The van der Waals surface area contributed by atoms with E-state index in [4.69, 9.17) is 16.7 Å². The number of aliphatic hydroxyl groups is 1. The lowest BCUT2D eigenvalue weighted by Crippen LogP contribution is -1.93. The summed E-state index contributed by atoms with van der Waals surface area (Å²) < 4.78 is 24.6. The van der Waals surface area contributed by atoms with Crippen LogP contribution in [0.2, 0.25) is 5.02 Å². The molecule has 0 saturated carbocycles. The van der Waals surface area contributed by atoms with Crippen molar-refractivity contribution in [1.82, 2.24) is 0 Å². The van der Waals surface area contributed by atoms with Crippen LogP contribution in [-0.2, 0) is 6.42 Å². The minimum atomic E-state index is -2.47. The van der Waals surface area contributed by atoms with E-state index in [0.717, 1.165) is 0 Å². The molecule has 0 atom stereocenters. The molecule has 0 saturated heterocycles. The summed E-state index contributed by atoms with van der Waals surface area (Å²) >= 11 is 5.81. The summed E-state index contributed by atoms with van der Waals surface area (Å²) in [5, 5.41) is 9.08. The summed E-state index contributed by atoms with van der Waals surface area (Å²) in [5.41, 5.74) is 0.640. The van der Waals surface area contributed by atoms with Gasteiger partial charge in [0.15, 0.2) is 0 Å². The van der Waals surface area contributed by atoms with Crippen LogP contribution in [0.3, 0.4) is 0 Å². The Bertz CT molecular complexity index is 302. The van der Waals surface area contributed by atoms with Crippen LogP contribution >= 0.6 is 11.6 Å². The molecule has 0 aromatic heterocycles. The van der Waals surface area contributed by atoms with Gasteiger partial charge in [-0.25, -0.2) is 8.78 Å². The average molecular weight is 221 g/mol. The number of aryl methyl sites for hydroxylation is 1. The van der Waals surface area contributed by atoms with Crippen molar-refractivity contribution in [3.8, 4) is 0 Å². The van der Waals surface area contributed by atoms with E-state index in [1.165, 1.54) is 18.2 Å². The minimum Gasteiger partial charge on any atom is -0.396 e. The first-order valence-corrected chi connectivity index (χ1v) is 4.70. The van der Waals surface area contributed by atoms with Crippen LogP contribution in [-0.4, -0.2) is 11.7 Å². The summed E-state index contributed by atoms with van der Waals surface area (Å²) in [4.78, 5) is 0. The van der Waals surface area contributed by atoms with Gasteiger partial charge in [-0.15, -0.1) is 0 Å². The summed E-state index contributed by atoms with van der Waals surface area (Å²) in [6, 6.07) is 4.17. The number of alkyl halides is 2. The van der Waals surface area contributed by atoms with Gasteiger partial charge in [-0.2, -0.15) is 0 Å². The lowest BCUT2D eigenvalue weighted by Gasteiger charge is -2.06. The summed E-state index contributed by atoms with van der Waals surface area (Å²) in [5.74, 6) is 0. The second-order valence-electron chi connectivity index (χ2n) is 2.98. The zero-order valence-electron chi connectivity index (χ0n) is 7.51. The molecule has 1 N–H and O–H groups in total. The van der Waals surface area contributed by atoms with E-state index in [2.05, 4.69) is 0 Å². The van der Waals surface area contributed by atoms with Crippen molar-refractivity contribution in [3.63, 3.8) is 0 Å². The molecule has 0 heterocycles. The predicted molar refractivity (Wildman–Crippen MR) is 51.8 cm³/mol. The largest absolute Gasteiger partial charge is 0.396 e. The monoisotopic (exact) mass is 220 g/mol. The summed E-state index contributed by atoms with van der Waals surface area (Å²) in [7, 11) is 0. The number of benzene rings is 1. The first-order valence-electron chi connectivity index (χ1n) is 4.32. The molecular weight excluding hydrogens is 210 g/mol. The lowest BCUT2D eigenvalue weighted by atomic mass is 10.1. The second kappa shape index (κ2) is 5.27. The van der Waals surface area contributed by atoms with Gasteiger partial charge in [0.1, 0.15) is 0 Å². The van der Waals surface area contributed by atoms with E-state index in [1.807, 2.05) is 0 Å². The van der Waals surface area contributed by atoms with Crippen molar-refractivity contribution in [1.29, 1.82) is 0 Å². The van der Waals surface area contributed by atoms with E-state index in [0.29, 0.717) is 23.4 Å². The maximum Gasteiger partial charge on any atom is 0.263 e. The van der Waals surface area contributed by atoms with Crippen molar-refractivity contribution in [2.45, 2.75) is 19.3 Å². The van der Waals surface area contributed by atoms with E-state index >= 15 is 0 Å². The summed E-state index contributed by atoms with van der Waals surface area (Å²) in [6.45, 7) is 0.0369. The Morgan fingerprint density at radius 1 is 1.36 bits per heavy atom. The van der Waals surface area contributed by atoms with Gasteiger partial charge in [-0.05, 0) is 30.5 Å². The van der Waals surface area contributed by atoms with Crippen molar-refractivity contribution in [2.24, 2.45) is 0 Å². The molecule has 1 aromatic carbocycles. The molecule has 0 amide bonds. The van der Waals surface area contributed by atoms with E-state index in [-0.39, 0.29) is 12.2 Å². The molecule has 0 fully saturated rings. The molecule has 14 heavy (non-hydrogen) atoms. The number of rotatable bonds is 4. The molecule has 0 bridgehead atoms. The van der Waals surface area contributed by atoms with E-state index in [1.54, 1.807) is 0 Å². The van der Waals surface area contributed by atoms with Gasteiger partial charge in [-0.3, -0.25) is 0 Å². The average Bonchev–Trinajstić information content (AvgIpc) is 2.16. The number of hydrogen-bond donors (Lipinski definition) is 1. The van der Waals surface area contributed by atoms with E-state index in [9.17, 15) is 8.78 Å². The van der Waals surface area contributed by atoms with Crippen LogP contribution in [0.15, 0.2) is 18.2 Å². The Labute approximate surface area is 86.3 Å². The molecule has 78 valence electrons. The first-order chi connectivity index (χ1) is 6.65. The lowest BCUT2D eigenvalue weighted by molar-refractivity contribution is 0.151. The predicted octanol–water partition coefficient (Wildman–Crippen LogP) is 3.20. The third-order valence-corrected chi connectivity index (χ3v) is 2.29. The highest BCUT2D eigenvalue weighted by Gasteiger charge is 2.09. The molecule has 0 aliphatic rings. The fourth-order valence-electron chi connectivity index (χ4n) is 1.19. The number of aliphatic hydroxyl groups excluding tert-OH is 1. The zero-order valence-corrected chi connectivity index (χ0v) is 8.27. The number of halogens is 3. The van der Waals surface area contributed by atoms with Gasteiger partial charge in [0.2, 0.25) is 0 Å².